The van der Waals surface area contributed by atoms with Gasteiger partial charge in [-0.05, 0) is 61.4 Å². The van der Waals surface area contributed by atoms with Crippen molar-refractivity contribution < 1.29 is 19.1 Å². The Labute approximate surface area is 224 Å². The van der Waals surface area contributed by atoms with E-state index in [9.17, 15) is 19.2 Å². The molecule has 5 N–H and O–H groups in total. The molecule has 1 saturated heterocycles. The molecule has 0 saturated carbocycles. The summed E-state index contributed by atoms with van der Waals surface area (Å²) in [6.45, 7) is 0.230. The molecule has 3 amide bonds. The predicted octanol–water partition coefficient (Wildman–Crippen LogP) is 2.12. The molecule has 11 heteroatoms. The van der Waals surface area contributed by atoms with E-state index < -0.39 is 17.9 Å². The van der Waals surface area contributed by atoms with Crippen LogP contribution < -0.4 is 27.2 Å². The largest absolute Gasteiger partial charge is 0.490 e. The number of aryl methyl sites for hydroxylation is 3. The number of carbonyl (C=O) groups is 3. The van der Waals surface area contributed by atoms with Gasteiger partial charge in [0.25, 0.3) is 0 Å². The van der Waals surface area contributed by atoms with Crippen LogP contribution in [-0.2, 0) is 34.3 Å². The van der Waals surface area contributed by atoms with Gasteiger partial charge in [-0.3, -0.25) is 28.8 Å². The van der Waals surface area contributed by atoms with Crippen LogP contribution in [0.5, 0.6) is 5.75 Å². The minimum Gasteiger partial charge on any atom is -0.490 e. The lowest BCUT2D eigenvalue weighted by molar-refractivity contribution is -0.135. The Hall–Kier alpha value is -3.63. The number of nitrogens with one attached hydrogen (secondary N) is 1. The summed E-state index contributed by atoms with van der Waals surface area (Å²) in [6.07, 6.45) is 3.45. The summed E-state index contributed by atoms with van der Waals surface area (Å²) in [5.74, 6) is -0.614. The Balaban J connectivity index is 1.41. The van der Waals surface area contributed by atoms with Crippen LogP contribution in [0.3, 0.4) is 0 Å². The molecule has 2 heterocycles. The van der Waals surface area contributed by atoms with Crippen LogP contribution in [0.25, 0.3) is 11.0 Å². The molecule has 2 atom stereocenters. The molecule has 4 rings (SSSR count). The number of hydrogen-bond acceptors (Lipinski definition) is 6. The Morgan fingerprint density at radius 3 is 2.71 bits per heavy atom. The van der Waals surface area contributed by atoms with E-state index in [1.54, 1.807) is 13.1 Å². The van der Waals surface area contributed by atoms with Gasteiger partial charge in [-0.25, -0.2) is 4.79 Å². The number of benzene rings is 2. The number of piperidine rings is 1. The number of ether oxygens (including phenoxy) is 1. The van der Waals surface area contributed by atoms with Gasteiger partial charge >= 0.3 is 5.69 Å². The van der Waals surface area contributed by atoms with E-state index in [1.807, 2.05) is 30.3 Å². The second-order valence-electron chi connectivity index (χ2n) is 9.66. The molecule has 1 aliphatic heterocycles. The lowest BCUT2D eigenvalue weighted by atomic mass is 10.0. The maximum atomic E-state index is 13.0. The first-order chi connectivity index (χ1) is 18.2. The van der Waals surface area contributed by atoms with Crippen LogP contribution in [0.1, 0.15) is 49.3 Å². The molecule has 0 spiro atoms. The number of nitrogens with two attached hydrogens (primary N) is 2. The summed E-state index contributed by atoms with van der Waals surface area (Å²) in [5, 5.41) is 2.86. The Kier molecular flexibility index (Phi) is 8.53. The summed E-state index contributed by atoms with van der Waals surface area (Å²) in [5.41, 5.74) is 14.3. The fourth-order valence-electron chi connectivity index (χ4n) is 4.75. The first-order valence-electron chi connectivity index (χ1n) is 12.6. The van der Waals surface area contributed by atoms with Crippen molar-refractivity contribution in [3.05, 3.63) is 63.0 Å². The lowest BCUT2D eigenvalue weighted by Gasteiger charge is -2.21. The molecule has 2 aromatic carbocycles. The van der Waals surface area contributed by atoms with Crippen molar-refractivity contribution >= 4 is 40.4 Å². The van der Waals surface area contributed by atoms with E-state index in [2.05, 4.69) is 5.32 Å². The zero-order valence-corrected chi connectivity index (χ0v) is 22.0. The van der Waals surface area contributed by atoms with Crippen molar-refractivity contribution in [2.45, 2.75) is 57.0 Å². The molecule has 0 aliphatic carbocycles. The molecule has 38 heavy (non-hydrogen) atoms. The zero-order valence-electron chi connectivity index (χ0n) is 21.2. The van der Waals surface area contributed by atoms with Crippen LogP contribution in [0, 0.1) is 0 Å². The first kappa shape index (κ1) is 27.4. The number of imide groups is 1. The van der Waals surface area contributed by atoms with E-state index in [0.717, 1.165) is 35.9 Å². The number of amides is 3. The van der Waals surface area contributed by atoms with Crippen LogP contribution in [-0.4, -0.2) is 39.5 Å². The smallest absolute Gasteiger partial charge is 0.329 e. The zero-order chi connectivity index (χ0) is 27.4. The molecular formula is C27H32ClN5O5. The van der Waals surface area contributed by atoms with E-state index in [4.69, 9.17) is 27.8 Å². The lowest BCUT2D eigenvalue weighted by Crippen LogP contribution is -2.44. The van der Waals surface area contributed by atoms with Crippen LogP contribution in [0.4, 0.5) is 0 Å². The third-order valence-electron chi connectivity index (χ3n) is 6.84. The van der Waals surface area contributed by atoms with Crippen molar-refractivity contribution in [3.8, 4) is 5.75 Å². The molecule has 3 aromatic rings. The quantitative estimate of drug-likeness (QED) is 0.316. The number of hydrogen-bond donors (Lipinski definition) is 3. The van der Waals surface area contributed by atoms with Gasteiger partial charge in [0.2, 0.25) is 17.7 Å². The van der Waals surface area contributed by atoms with Gasteiger partial charge in [0.1, 0.15) is 18.4 Å². The van der Waals surface area contributed by atoms with Gasteiger partial charge < -0.3 is 16.2 Å². The van der Waals surface area contributed by atoms with E-state index in [-0.39, 0.29) is 37.1 Å². The van der Waals surface area contributed by atoms with Crippen molar-refractivity contribution in [2.75, 3.05) is 6.61 Å². The Morgan fingerprint density at radius 1 is 1.18 bits per heavy atom. The highest BCUT2D eigenvalue weighted by molar-refractivity contribution is 6.32. The third kappa shape index (κ3) is 6.08. The summed E-state index contributed by atoms with van der Waals surface area (Å²) in [6, 6.07) is 10.4. The fourth-order valence-corrected chi connectivity index (χ4v) is 5.02. The van der Waals surface area contributed by atoms with Crippen molar-refractivity contribution in [3.63, 3.8) is 0 Å². The second kappa shape index (κ2) is 11.8. The monoisotopic (exact) mass is 541 g/mol. The molecular weight excluding hydrogens is 510 g/mol. The standard InChI is InChI=1S/C27H32ClN5O5/c1-32-21-14-16(8-10-19(21)33(27(32)37)20-11-13-24(35)31-26(20)36)4-2-5-17-6-3-7-22(25(17)28)38-15-18(29)9-12-23(30)34/h3,6-8,10,14,18,20H,2,4-5,9,11-13,15,29H2,1H3,(H2,30,34)(H,31,35,36)/t18-,20?/m0/s1. The highest BCUT2D eigenvalue weighted by Crippen LogP contribution is 2.30. The number of nitrogens with zero attached hydrogens (tertiary/aromatic N) is 2. The highest BCUT2D eigenvalue weighted by Gasteiger charge is 2.31. The first-order valence-corrected chi connectivity index (χ1v) is 13.0. The summed E-state index contributed by atoms with van der Waals surface area (Å²) >= 11 is 6.58. The Morgan fingerprint density at radius 2 is 1.97 bits per heavy atom. The predicted molar refractivity (Wildman–Crippen MR) is 144 cm³/mol. The number of imidazole rings is 1. The molecule has 10 nitrogen and oxygen atoms in total. The maximum Gasteiger partial charge on any atom is 0.329 e. The number of fused-ring (bicyclic) bond motifs is 1. The SMILES string of the molecule is Cn1c(=O)n(C2CCC(=O)NC2=O)c2ccc(CCCc3cccc(OC[C@@H](N)CCC(N)=O)c3Cl)cc21. The molecule has 1 aromatic heterocycles. The van der Waals surface area contributed by atoms with Crippen molar-refractivity contribution in [2.24, 2.45) is 18.5 Å². The average molecular weight is 542 g/mol. The van der Waals surface area contributed by atoms with Crippen LogP contribution in [0.2, 0.25) is 5.02 Å². The minimum atomic E-state index is -0.705. The van der Waals surface area contributed by atoms with Gasteiger partial charge in [-0.2, -0.15) is 0 Å². The van der Waals surface area contributed by atoms with Gasteiger partial charge in [0.15, 0.2) is 0 Å². The highest BCUT2D eigenvalue weighted by atomic mass is 35.5. The second-order valence-corrected chi connectivity index (χ2v) is 10.0. The molecule has 1 fully saturated rings. The molecule has 0 radical (unpaired) electrons. The number of primary amides is 1. The number of halogens is 1. The van der Waals surface area contributed by atoms with Gasteiger partial charge in [0.05, 0.1) is 16.1 Å². The summed E-state index contributed by atoms with van der Waals surface area (Å²) < 4.78 is 8.80. The normalized spacial score (nSPS) is 16.4. The number of aromatic nitrogens is 2. The van der Waals surface area contributed by atoms with E-state index in [0.29, 0.717) is 29.1 Å². The van der Waals surface area contributed by atoms with Crippen LogP contribution >= 0.6 is 11.6 Å². The third-order valence-corrected chi connectivity index (χ3v) is 7.27. The average Bonchev–Trinajstić information content (AvgIpc) is 3.12. The van der Waals surface area contributed by atoms with E-state index >= 15 is 0 Å². The van der Waals surface area contributed by atoms with Crippen LogP contribution in [0.15, 0.2) is 41.2 Å². The molecule has 202 valence electrons. The topological polar surface area (TPSA) is 151 Å². The van der Waals surface area contributed by atoms with Crippen molar-refractivity contribution in [1.82, 2.24) is 14.5 Å². The summed E-state index contributed by atoms with van der Waals surface area (Å²) in [4.78, 5) is 47.8. The molecule has 1 unspecified atom stereocenters. The minimum absolute atomic E-state index is 0.203. The summed E-state index contributed by atoms with van der Waals surface area (Å²) in [7, 11) is 1.68. The van der Waals surface area contributed by atoms with Gasteiger partial charge in [-0.1, -0.05) is 29.8 Å². The molecule has 1 aliphatic rings. The van der Waals surface area contributed by atoms with Gasteiger partial charge in [-0.15, -0.1) is 0 Å². The molecule has 0 bridgehead atoms. The maximum absolute atomic E-state index is 13.0. The van der Waals surface area contributed by atoms with E-state index in [1.165, 1.54) is 9.13 Å². The van der Waals surface area contributed by atoms with Gasteiger partial charge in [0, 0.05) is 25.9 Å². The number of carbonyl (C=O) groups excluding carboxylic acids is 3. The Bertz CT molecular complexity index is 1430. The van der Waals surface area contributed by atoms with Crippen molar-refractivity contribution in [1.29, 1.82) is 0 Å². The number of rotatable bonds is 11. The fraction of sp³-hybridized carbons (Fsp3) is 0.407.